The third-order valence-electron chi connectivity index (χ3n) is 5.87. The summed E-state index contributed by atoms with van der Waals surface area (Å²) in [4.78, 5) is 41.4. The molecule has 0 aliphatic carbocycles. The average Bonchev–Trinajstić information content (AvgIpc) is 2.93. The number of nitrogens with zero attached hydrogens (tertiary/aromatic N) is 2. The van der Waals surface area contributed by atoms with E-state index in [0.29, 0.717) is 24.5 Å². The number of hydrogen-bond acceptors (Lipinski definition) is 5. The van der Waals surface area contributed by atoms with Crippen molar-refractivity contribution in [2.75, 3.05) is 24.2 Å². The molecular weight excluding hydrogens is 538 g/mol. The van der Waals surface area contributed by atoms with Gasteiger partial charge < -0.3 is 10.2 Å². The number of carbonyl (C=O) groups is 3. The molecule has 1 aliphatic heterocycles. The number of alkyl halides is 3. The van der Waals surface area contributed by atoms with Crippen LogP contribution in [0.4, 0.5) is 28.0 Å². The number of pyridine rings is 1. The van der Waals surface area contributed by atoms with E-state index >= 15 is 0 Å². The molecule has 4 rings (SSSR count). The second kappa shape index (κ2) is 12.2. The number of carbonyl (C=O) groups excluding carboxylic acids is 3. The van der Waals surface area contributed by atoms with Crippen LogP contribution in [0.3, 0.4) is 0 Å². The Bertz CT molecular complexity index is 1340. The highest BCUT2D eigenvalue weighted by molar-refractivity contribution is 8.00. The Morgan fingerprint density at radius 1 is 1.03 bits per heavy atom. The van der Waals surface area contributed by atoms with Crippen LogP contribution in [0, 0.1) is 5.82 Å². The van der Waals surface area contributed by atoms with Crippen molar-refractivity contribution in [3.8, 4) is 11.1 Å². The summed E-state index contributed by atoms with van der Waals surface area (Å²) in [6.07, 6.45) is -1.46. The van der Waals surface area contributed by atoms with Crippen LogP contribution in [-0.4, -0.2) is 58.0 Å². The molecule has 1 fully saturated rings. The number of halogens is 4. The summed E-state index contributed by atoms with van der Waals surface area (Å²) in [6, 6.07) is 14.4. The number of aromatic nitrogens is 1. The van der Waals surface area contributed by atoms with Gasteiger partial charge in [0.25, 0.3) is 5.91 Å². The van der Waals surface area contributed by atoms with Crippen molar-refractivity contribution in [2.24, 2.45) is 0 Å². The topological polar surface area (TPSA) is 103 Å². The lowest BCUT2D eigenvalue weighted by molar-refractivity contribution is -0.174. The third-order valence-corrected chi connectivity index (χ3v) is 7.07. The van der Waals surface area contributed by atoms with Gasteiger partial charge >= 0.3 is 18.1 Å². The Morgan fingerprint density at radius 3 is 2.46 bits per heavy atom. The Kier molecular flexibility index (Phi) is 8.69. The molecule has 4 amide bonds. The van der Waals surface area contributed by atoms with Crippen LogP contribution in [0.1, 0.15) is 15.9 Å². The monoisotopic (exact) mass is 561 g/mol. The zero-order valence-corrected chi connectivity index (χ0v) is 21.1. The zero-order valence-electron chi connectivity index (χ0n) is 20.3. The molecule has 8 nitrogen and oxygen atoms in total. The smallest absolute Gasteiger partial charge is 0.323 e. The number of rotatable bonds is 5. The maximum Gasteiger partial charge on any atom is 0.472 e. The predicted octanol–water partition coefficient (Wildman–Crippen LogP) is 4.40. The van der Waals surface area contributed by atoms with Crippen LogP contribution in [0.25, 0.3) is 11.1 Å². The van der Waals surface area contributed by atoms with Crippen LogP contribution in [0.15, 0.2) is 67.0 Å². The van der Waals surface area contributed by atoms with Gasteiger partial charge in [-0.25, -0.2) is 9.18 Å². The second-order valence-electron chi connectivity index (χ2n) is 8.60. The number of anilines is 1. The fourth-order valence-electron chi connectivity index (χ4n) is 3.87. The largest absolute Gasteiger partial charge is 0.472 e. The Morgan fingerprint density at radius 2 is 1.79 bits per heavy atom. The Hall–Kier alpha value is -4.13. The molecule has 39 heavy (non-hydrogen) atoms. The number of thioether (sulfide) groups is 1. The molecule has 1 saturated heterocycles. The van der Waals surface area contributed by atoms with Gasteiger partial charge in [-0.15, -0.1) is 0 Å². The lowest BCUT2D eigenvalue weighted by Gasteiger charge is -2.32. The highest BCUT2D eigenvalue weighted by Crippen LogP contribution is 2.25. The average molecular weight is 562 g/mol. The maximum absolute atomic E-state index is 14.7. The van der Waals surface area contributed by atoms with E-state index < -0.39 is 23.8 Å². The minimum absolute atomic E-state index is 0.113. The van der Waals surface area contributed by atoms with Crippen LogP contribution < -0.4 is 16.2 Å². The first-order valence-corrected chi connectivity index (χ1v) is 12.8. The van der Waals surface area contributed by atoms with Crippen LogP contribution in [0.2, 0.25) is 0 Å². The highest BCUT2D eigenvalue weighted by Gasteiger charge is 2.39. The fourth-order valence-corrected chi connectivity index (χ4v) is 5.11. The van der Waals surface area contributed by atoms with E-state index in [1.807, 2.05) is 24.3 Å². The normalized spacial score (nSPS) is 15.4. The van der Waals surface area contributed by atoms with Crippen molar-refractivity contribution in [1.82, 2.24) is 20.7 Å². The van der Waals surface area contributed by atoms with Gasteiger partial charge in [0.2, 0.25) is 0 Å². The standard InChI is InChI=1S/C26H23F4N5O3S/c27-22-13-18(23(36)33-34-24(37)26(28,29)30)4-3-17(22)12-21-15-35(10-11-39-21)25(38)32-20-7-5-16(6-8-20)19-2-1-9-31-14-19/h1-9,13-14,21H,10-12,15H2,(H,32,38)(H,33,36)(H,34,37). The molecule has 1 aliphatic rings. The molecule has 0 bridgehead atoms. The number of hydrogen-bond donors (Lipinski definition) is 3. The molecule has 3 N–H and O–H groups in total. The van der Waals surface area contributed by atoms with Crippen molar-refractivity contribution in [3.63, 3.8) is 0 Å². The summed E-state index contributed by atoms with van der Waals surface area (Å²) in [5.74, 6) is -3.52. The predicted molar refractivity (Wildman–Crippen MR) is 138 cm³/mol. The summed E-state index contributed by atoms with van der Waals surface area (Å²) >= 11 is 1.59. The fraction of sp³-hybridized carbons (Fsp3) is 0.231. The number of hydrazine groups is 1. The van der Waals surface area contributed by atoms with Gasteiger partial charge in [-0.1, -0.05) is 24.3 Å². The first kappa shape index (κ1) is 27.9. The van der Waals surface area contributed by atoms with Gasteiger partial charge in [-0.05, 0) is 53.4 Å². The number of amides is 4. The quantitative estimate of drug-likeness (QED) is 0.317. The van der Waals surface area contributed by atoms with Gasteiger partial charge in [0.15, 0.2) is 0 Å². The van der Waals surface area contributed by atoms with Crippen LogP contribution >= 0.6 is 11.8 Å². The molecule has 0 saturated carbocycles. The second-order valence-corrected chi connectivity index (χ2v) is 10.0. The lowest BCUT2D eigenvalue weighted by Crippen LogP contribution is -2.47. The van der Waals surface area contributed by atoms with Crippen LogP contribution in [-0.2, 0) is 11.2 Å². The van der Waals surface area contributed by atoms with Gasteiger partial charge in [0.1, 0.15) is 5.82 Å². The summed E-state index contributed by atoms with van der Waals surface area (Å²) in [6.45, 7) is 0.890. The lowest BCUT2D eigenvalue weighted by atomic mass is 10.1. The molecule has 2 heterocycles. The summed E-state index contributed by atoms with van der Waals surface area (Å²) in [7, 11) is 0. The van der Waals surface area contributed by atoms with Gasteiger partial charge in [0, 0.05) is 47.7 Å². The molecule has 2 aromatic carbocycles. The minimum Gasteiger partial charge on any atom is -0.323 e. The molecular formula is C26H23F4N5O3S. The van der Waals surface area contributed by atoms with E-state index in [9.17, 15) is 31.9 Å². The maximum atomic E-state index is 14.7. The summed E-state index contributed by atoms with van der Waals surface area (Å²) in [5.41, 5.74) is 5.41. The van der Waals surface area contributed by atoms with E-state index in [2.05, 4.69) is 10.3 Å². The molecule has 0 spiro atoms. The van der Waals surface area contributed by atoms with E-state index in [1.165, 1.54) is 17.6 Å². The van der Waals surface area contributed by atoms with E-state index in [4.69, 9.17) is 0 Å². The minimum atomic E-state index is -5.17. The number of nitrogens with one attached hydrogen (secondary N) is 3. The molecule has 3 aromatic rings. The highest BCUT2D eigenvalue weighted by atomic mass is 32.2. The molecule has 204 valence electrons. The number of urea groups is 1. The molecule has 1 aromatic heterocycles. The summed E-state index contributed by atoms with van der Waals surface area (Å²) < 4.78 is 51.4. The third kappa shape index (κ3) is 7.47. The zero-order chi connectivity index (χ0) is 28.0. The van der Waals surface area contributed by atoms with Gasteiger partial charge in [0.05, 0.1) is 0 Å². The molecule has 1 unspecified atom stereocenters. The molecule has 13 heteroatoms. The molecule has 1 atom stereocenters. The van der Waals surface area contributed by atoms with E-state index in [0.717, 1.165) is 17.2 Å². The van der Waals surface area contributed by atoms with Crippen LogP contribution in [0.5, 0.6) is 0 Å². The Labute approximate surface area is 225 Å². The van der Waals surface area contributed by atoms with E-state index in [1.54, 1.807) is 46.6 Å². The SMILES string of the molecule is O=C(NNC(=O)C(F)(F)F)c1ccc(CC2CN(C(=O)Nc3ccc(-c4cccnc4)cc3)CCS2)c(F)c1. The van der Waals surface area contributed by atoms with Crippen molar-refractivity contribution in [1.29, 1.82) is 0 Å². The van der Waals surface area contributed by atoms with E-state index in [-0.39, 0.29) is 28.8 Å². The first-order valence-electron chi connectivity index (χ1n) is 11.7. The van der Waals surface area contributed by atoms with Crippen molar-refractivity contribution in [2.45, 2.75) is 17.8 Å². The molecule has 0 radical (unpaired) electrons. The first-order chi connectivity index (χ1) is 18.6. The number of benzene rings is 2. The van der Waals surface area contributed by atoms with Crippen molar-refractivity contribution < 1.29 is 31.9 Å². The van der Waals surface area contributed by atoms with Crippen molar-refractivity contribution >= 4 is 35.3 Å². The Balaban J connectivity index is 1.31. The summed E-state index contributed by atoms with van der Waals surface area (Å²) in [5, 5.41) is 2.77. The van der Waals surface area contributed by atoms with Crippen molar-refractivity contribution in [3.05, 3.63) is 83.9 Å². The van der Waals surface area contributed by atoms with Gasteiger partial charge in [-0.3, -0.25) is 25.4 Å². The van der Waals surface area contributed by atoms with Gasteiger partial charge in [-0.2, -0.15) is 24.9 Å².